The van der Waals surface area contributed by atoms with Gasteiger partial charge in [-0.2, -0.15) is 13.2 Å². The third kappa shape index (κ3) is 3.13. The molecule has 0 amide bonds. The zero-order chi connectivity index (χ0) is 20.2. The maximum absolute atomic E-state index is 14.4. The van der Waals surface area contributed by atoms with Crippen molar-refractivity contribution in [1.82, 2.24) is 23.9 Å². The molecule has 0 saturated heterocycles. The number of hydrogen-bond acceptors (Lipinski definition) is 4. The highest BCUT2D eigenvalue weighted by atomic mass is 127. The second-order valence-electron chi connectivity index (χ2n) is 5.95. The van der Waals surface area contributed by atoms with Gasteiger partial charge >= 0.3 is 6.18 Å². The van der Waals surface area contributed by atoms with Crippen LogP contribution in [0, 0.1) is 9.39 Å². The molecule has 0 radical (unpaired) electrons. The Morgan fingerprint density at radius 1 is 1.21 bits per heavy atom. The Labute approximate surface area is 174 Å². The van der Waals surface area contributed by atoms with Crippen LogP contribution in [0.5, 0.6) is 0 Å². The van der Waals surface area contributed by atoms with Gasteiger partial charge in [0.15, 0.2) is 17.3 Å². The molecule has 0 aliphatic heterocycles. The van der Waals surface area contributed by atoms with Crippen molar-refractivity contribution < 1.29 is 17.6 Å². The van der Waals surface area contributed by atoms with Crippen molar-refractivity contribution in [3.63, 3.8) is 0 Å². The Hall–Kier alpha value is -1.89. The van der Waals surface area contributed by atoms with Crippen LogP contribution in [-0.2, 0) is 13.2 Å². The van der Waals surface area contributed by atoms with Crippen LogP contribution in [0.1, 0.15) is 12.6 Å². The summed E-state index contributed by atoms with van der Waals surface area (Å²) in [7, 11) is 1.67. The Kier molecular flexibility index (Phi) is 4.76. The van der Waals surface area contributed by atoms with Crippen molar-refractivity contribution in [2.24, 2.45) is 7.05 Å². The van der Waals surface area contributed by atoms with Gasteiger partial charge in [0.1, 0.15) is 16.4 Å². The Morgan fingerprint density at radius 2 is 1.96 bits per heavy atom. The molecule has 4 aromatic rings. The number of pyridine rings is 2. The van der Waals surface area contributed by atoms with E-state index in [9.17, 15) is 17.6 Å². The Bertz CT molecular complexity index is 1210. The van der Waals surface area contributed by atoms with Crippen LogP contribution in [0.2, 0.25) is 0 Å². The zero-order valence-corrected chi connectivity index (χ0v) is 17.5. The van der Waals surface area contributed by atoms with E-state index in [1.165, 1.54) is 17.8 Å². The average Bonchev–Trinajstić information content (AvgIpc) is 3.13. The first-order chi connectivity index (χ1) is 13.2. The maximum Gasteiger partial charge on any atom is 0.433 e. The third-order valence-corrected chi connectivity index (χ3v) is 5.69. The first-order valence-electron chi connectivity index (χ1n) is 8.10. The highest BCUT2D eigenvalue weighted by Crippen LogP contribution is 2.35. The highest BCUT2D eigenvalue weighted by Gasteiger charge is 2.33. The molecule has 4 aromatic heterocycles. The topological polar surface area (TPSA) is 48.0 Å². The number of halogens is 5. The first kappa shape index (κ1) is 19.4. The van der Waals surface area contributed by atoms with Crippen LogP contribution >= 0.6 is 34.4 Å². The standard InChI is InChI=1S/C17H12F4IN5S/c1-3-28-16-13(25-14-9(18)4-8(22)7-27(14)16)15-24-10-5-12(17(19,20)21)23-6-11(10)26(15)2/h4-7H,3H2,1-2H3. The van der Waals surface area contributed by atoms with Crippen molar-refractivity contribution in [3.8, 4) is 11.5 Å². The van der Waals surface area contributed by atoms with E-state index in [0.29, 0.717) is 31.4 Å². The molecule has 4 heterocycles. The number of hydrogen-bond donors (Lipinski definition) is 0. The average molecular weight is 521 g/mol. The van der Waals surface area contributed by atoms with Crippen molar-refractivity contribution in [3.05, 3.63) is 39.6 Å². The fraction of sp³-hybridized carbons (Fsp3) is 0.235. The number of aromatic nitrogens is 5. The van der Waals surface area contributed by atoms with E-state index in [4.69, 9.17) is 0 Å². The van der Waals surface area contributed by atoms with Crippen molar-refractivity contribution in [2.45, 2.75) is 18.1 Å². The lowest BCUT2D eigenvalue weighted by Gasteiger charge is -2.05. The molecule has 4 rings (SSSR count). The summed E-state index contributed by atoms with van der Waals surface area (Å²) in [5, 5.41) is 0.678. The van der Waals surface area contributed by atoms with Gasteiger partial charge in [-0.1, -0.05) is 6.92 Å². The molecule has 146 valence electrons. The van der Waals surface area contributed by atoms with Crippen LogP contribution in [0.15, 0.2) is 29.6 Å². The summed E-state index contributed by atoms with van der Waals surface area (Å²) in [5.41, 5.74) is 0.137. The number of rotatable bonds is 3. The molecule has 0 spiro atoms. The second kappa shape index (κ2) is 6.87. The predicted octanol–water partition coefficient (Wildman–Crippen LogP) is 5.16. The summed E-state index contributed by atoms with van der Waals surface area (Å²) in [5.74, 6) is 0.582. The van der Waals surface area contributed by atoms with Crippen molar-refractivity contribution >= 4 is 51.0 Å². The molecule has 28 heavy (non-hydrogen) atoms. The van der Waals surface area contributed by atoms with E-state index < -0.39 is 17.7 Å². The minimum atomic E-state index is -4.56. The normalized spacial score (nSPS) is 12.4. The van der Waals surface area contributed by atoms with Gasteiger partial charge < -0.3 is 4.57 Å². The van der Waals surface area contributed by atoms with E-state index >= 15 is 0 Å². The van der Waals surface area contributed by atoms with Gasteiger partial charge in [-0.25, -0.2) is 19.3 Å². The fourth-order valence-corrected chi connectivity index (χ4v) is 4.31. The first-order valence-corrected chi connectivity index (χ1v) is 10.2. The molecule has 0 fully saturated rings. The molecule has 0 bridgehead atoms. The van der Waals surface area contributed by atoms with Gasteiger partial charge in [0.05, 0.1) is 17.2 Å². The summed E-state index contributed by atoms with van der Waals surface area (Å²) >= 11 is 3.48. The van der Waals surface area contributed by atoms with Gasteiger partial charge in [-0.05, 0) is 40.5 Å². The van der Waals surface area contributed by atoms with Crippen LogP contribution in [0.4, 0.5) is 17.6 Å². The number of alkyl halides is 3. The summed E-state index contributed by atoms with van der Waals surface area (Å²) in [6.45, 7) is 1.95. The van der Waals surface area contributed by atoms with Crippen LogP contribution < -0.4 is 0 Å². The van der Waals surface area contributed by atoms with Crippen LogP contribution in [0.25, 0.3) is 28.2 Å². The largest absolute Gasteiger partial charge is 0.433 e. The number of nitrogens with zero attached hydrogens (tertiary/aromatic N) is 5. The van der Waals surface area contributed by atoms with E-state index in [1.54, 1.807) is 22.2 Å². The van der Waals surface area contributed by atoms with E-state index in [1.807, 2.05) is 29.5 Å². The fourth-order valence-electron chi connectivity index (χ4n) is 2.93. The lowest BCUT2D eigenvalue weighted by Crippen LogP contribution is -2.07. The lowest BCUT2D eigenvalue weighted by atomic mass is 10.3. The molecule has 11 heteroatoms. The van der Waals surface area contributed by atoms with Crippen LogP contribution in [0.3, 0.4) is 0 Å². The van der Waals surface area contributed by atoms with Crippen LogP contribution in [-0.4, -0.2) is 29.7 Å². The number of imidazole rings is 2. The molecular weight excluding hydrogens is 509 g/mol. The monoisotopic (exact) mass is 521 g/mol. The maximum atomic E-state index is 14.4. The van der Waals surface area contributed by atoms with E-state index in [2.05, 4.69) is 15.0 Å². The number of fused-ring (bicyclic) bond motifs is 2. The van der Waals surface area contributed by atoms with Crippen molar-refractivity contribution in [2.75, 3.05) is 5.75 Å². The van der Waals surface area contributed by atoms with Gasteiger partial charge in [0, 0.05) is 16.8 Å². The molecule has 0 N–H and O–H groups in total. The quantitative estimate of drug-likeness (QED) is 0.213. The van der Waals surface area contributed by atoms with Gasteiger partial charge in [0.25, 0.3) is 0 Å². The molecule has 0 aliphatic rings. The van der Waals surface area contributed by atoms with Gasteiger partial charge in [-0.3, -0.25) is 4.40 Å². The minimum absolute atomic E-state index is 0.146. The summed E-state index contributed by atoms with van der Waals surface area (Å²) in [6.07, 6.45) is -1.65. The number of aryl methyl sites for hydroxylation is 1. The smallest absolute Gasteiger partial charge is 0.324 e. The van der Waals surface area contributed by atoms with Crippen molar-refractivity contribution in [1.29, 1.82) is 0 Å². The second-order valence-corrected chi connectivity index (χ2v) is 8.45. The van der Waals surface area contributed by atoms with Gasteiger partial charge in [-0.15, -0.1) is 11.8 Å². The molecule has 0 aromatic carbocycles. The summed E-state index contributed by atoms with van der Waals surface area (Å²) in [6, 6.07) is 2.28. The molecular formula is C17H12F4IN5S. The predicted molar refractivity (Wildman–Crippen MR) is 107 cm³/mol. The summed E-state index contributed by atoms with van der Waals surface area (Å²) in [4.78, 5) is 12.3. The summed E-state index contributed by atoms with van der Waals surface area (Å²) < 4.78 is 57.3. The highest BCUT2D eigenvalue weighted by molar-refractivity contribution is 14.1. The third-order valence-electron chi connectivity index (χ3n) is 4.15. The molecule has 0 saturated carbocycles. The van der Waals surface area contributed by atoms with E-state index in [-0.39, 0.29) is 11.2 Å². The molecule has 0 atom stereocenters. The molecule has 0 aliphatic carbocycles. The lowest BCUT2D eigenvalue weighted by molar-refractivity contribution is -0.141. The Morgan fingerprint density at radius 3 is 2.64 bits per heavy atom. The zero-order valence-electron chi connectivity index (χ0n) is 14.6. The molecule has 0 unspecified atom stereocenters. The minimum Gasteiger partial charge on any atom is -0.324 e. The Balaban J connectivity index is 1.99. The van der Waals surface area contributed by atoms with E-state index in [0.717, 1.165) is 12.3 Å². The SMILES string of the molecule is CCSc1c(-c2nc3cc(C(F)(F)F)ncc3n2C)nc2c(F)cc(I)cn12. The van der Waals surface area contributed by atoms with Gasteiger partial charge in [0.2, 0.25) is 0 Å². The number of thioether (sulfide) groups is 1. The molecule has 5 nitrogen and oxygen atoms in total.